The van der Waals surface area contributed by atoms with E-state index in [1.807, 2.05) is 6.92 Å². The van der Waals surface area contributed by atoms with Crippen LogP contribution in [0.1, 0.15) is 27.2 Å². The third-order valence-corrected chi connectivity index (χ3v) is 3.90. The van der Waals surface area contributed by atoms with Crippen molar-refractivity contribution in [1.29, 1.82) is 0 Å². The molecule has 0 saturated carbocycles. The highest BCUT2D eigenvalue weighted by Crippen LogP contribution is 2.00. The van der Waals surface area contributed by atoms with Gasteiger partial charge in [0.2, 0.25) is 0 Å². The van der Waals surface area contributed by atoms with Crippen molar-refractivity contribution in [3.05, 3.63) is 0 Å². The van der Waals surface area contributed by atoms with Gasteiger partial charge < -0.3 is 5.11 Å². The molecule has 0 aliphatic carbocycles. The molecule has 0 aromatic rings. The first kappa shape index (κ1) is 13.8. The zero-order valence-electron chi connectivity index (χ0n) is 9.02. The molecule has 0 heterocycles. The molecule has 2 N–H and O–H groups in total. The molecule has 6 heteroatoms. The lowest BCUT2D eigenvalue weighted by molar-refractivity contribution is 0.251. The second-order valence-corrected chi connectivity index (χ2v) is 4.70. The fourth-order valence-electron chi connectivity index (χ4n) is 1.10. The maximum Gasteiger partial charge on any atom is 0.279 e. The quantitative estimate of drug-likeness (QED) is 0.636. The highest BCUT2D eigenvalue weighted by atomic mass is 32.2. The average molecular weight is 224 g/mol. The van der Waals surface area contributed by atoms with Gasteiger partial charge >= 0.3 is 0 Å². The largest absolute Gasteiger partial charge is 0.395 e. The van der Waals surface area contributed by atoms with Gasteiger partial charge in [0.05, 0.1) is 6.61 Å². The SMILES string of the molecule is CCC(CO)NS(=O)(=O)N(CC)CC. The highest BCUT2D eigenvalue weighted by molar-refractivity contribution is 7.87. The summed E-state index contributed by atoms with van der Waals surface area (Å²) in [5.41, 5.74) is 0. The highest BCUT2D eigenvalue weighted by Gasteiger charge is 2.21. The summed E-state index contributed by atoms with van der Waals surface area (Å²) >= 11 is 0. The lowest BCUT2D eigenvalue weighted by atomic mass is 10.3. The van der Waals surface area contributed by atoms with E-state index in [2.05, 4.69) is 4.72 Å². The molecule has 5 nitrogen and oxygen atoms in total. The Morgan fingerprint density at radius 1 is 1.29 bits per heavy atom. The predicted octanol–water partition coefficient (Wildman–Crippen LogP) is -0.0665. The van der Waals surface area contributed by atoms with Gasteiger partial charge in [0.15, 0.2) is 0 Å². The molecular formula is C8H20N2O3S. The zero-order chi connectivity index (χ0) is 11.2. The second-order valence-electron chi connectivity index (χ2n) is 2.99. The Labute approximate surface area is 86.3 Å². The van der Waals surface area contributed by atoms with Gasteiger partial charge in [-0.3, -0.25) is 0 Å². The number of hydrogen-bond donors (Lipinski definition) is 2. The summed E-state index contributed by atoms with van der Waals surface area (Å²) in [5, 5.41) is 8.87. The van der Waals surface area contributed by atoms with Gasteiger partial charge in [-0.25, -0.2) is 0 Å². The van der Waals surface area contributed by atoms with E-state index in [4.69, 9.17) is 5.11 Å². The van der Waals surface area contributed by atoms with Crippen LogP contribution in [-0.4, -0.2) is 43.6 Å². The molecule has 0 rings (SSSR count). The van der Waals surface area contributed by atoms with Crippen LogP contribution in [0.4, 0.5) is 0 Å². The summed E-state index contributed by atoms with van der Waals surface area (Å²) in [7, 11) is -3.42. The summed E-state index contributed by atoms with van der Waals surface area (Å²) in [6, 6.07) is -0.388. The Morgan fingerprint density at radius 3 is 2.07 bits per heavy atom. The fraction of sp³-hybridized carbons (Fsp3) is 1.00. The van der Waals surface area contributed by atoms with E-state index in [-0.39, 0.29) is 12.6 Å². The second kappa shape index (κ2) is 6.34. The van der Waals surface area contributed by atoms with Crippen LogP contribution >= 0.6 is 0 Å². The Balaban J connectivity index is 4.46. The minimum Gasteiger partial charge on any atom is -0.395 e. The van der Waals surface area contributed by atoms with Crippen LogP contribution in [0.15, 0.2) is 0 Å². The minimum atomic E-state index is -3.42. The number of hydrogen-bond acceptors (Lipinski definition) is 3. The van der Waals surface area contributed by atoms with Crippen molar-refractivity contribution in [2.45, 2.75) is 33.2 Å². The molecule has 86 valence electrons. The van der Waals surface area contributed by atoms with E-state index in [0.29, 0.717) is 19.5 Å². The Bertz CT molecular complexity index is 233. The van der Waals surface area contributed by atoms with E-state index in [0.717, 1.165) is 0 Å². The topological polar surface area (TPSA) is 69.6 Å². The molecule has 0 bridgehead atoms. The molecule has 1 unspecified atom stereocenters. The number of nitrogens with one attached hydrogen (secondary N) is 1. The molecule has 0 aromatic carbocycles. The smallest absolute Gasteiger partial charge is 0.279 e. The Hall–Kier alpha value is -0.170. The van der Waals surface area contributed by atoms with Crippen molar-refractivity contribution >= 4 is 10.2 Å². The third-order valence-electron chi connectivity index (χ3n) is 2.07. The molecule has 0 aliphatic heterocycles. The molecular weight excluding hydrogens is 204 g/mol. The van der Waals surface area contributed by atoms with Crippen molar-refractivity contribution in [2.24, 2.45) is 0 Å². The van der Waals surface area contributed by atoms with Crippen molar-refractivity contribution in [1.82, 2.24) is 9.03 Å². The predicted molar refractivity (Wildman–Crippen MR) is 56.1 cm³/mol. The van der Waals surface area contributed by atoms with Gasteiger partial charge in [0.1, 0.15) is 0 Å². The number of aliphatic hydroxyl groups excluding tert-OH is 1. The maximum atomic E-state index is 11.6. The standard InChI is InChI=1S/C8H20N2O3S/c1-4-8(7-11)9-14(12,13)10(5-2)6-3/h8-9,11H,4-7H2,1-3H3. The van der Waals surface area contributed by atoms with E-state index < -0.39 is 10.2 Å². The van der Waals surface area contributed by atoms with Crippen LogP contribution in [0.25, 0.3) is 0 Å². The molecule has 0 fully saturated rings. The molecule has 1 atom stereocenters. The first-order valence-electron chi connectivity index (χ1n) is 4.90. The van der Waals surface area contributed by atoms with Crippen molar-refractivity contribution < 1.29 is 13.5 Å². The lowest BCUT2D eigenvalue weighted by Gasteiger charge is -2.22. The van der Waals surface area contributed by atoms with Crippen LogP contribution in [0, 0.1) is 0 Å². The van der Waals surface area contributed by atoms with Crippen LogP contribution in [0.3, 0.4) is 0 Å². The minimum absolute atomic E-state index is 0.170. The summed E-state index contributed by atoms with van der Waals surface area (Å²) in [5.74, 6) is 0. The first-order valence-corrected chi connectivity index (χ1v) is 6.34. The lowest BCUT2D eigenvalue weighted by Crippen LogP contribution is -2.46. The van der Waals surface area contributed by atoms with Crippen molar-refractivity contribution in [3.8, 4) is 0 Å². The van der Waals surface area contributed by atoms with Crippen LogP contribution in [-0.2, 0) is 10.2 Å². The monoisotopic (exact) mass is 224 g/mol. The molecule has 0 spiro atoms. The summed E-state index contributed by atoms with van der Waals surface area (Å²) in [6.45, 7) is 6.09. The molecule has 0 saturated heterocycles. The summed E-state index contributed by atoms with van der Waals surface area (Å²) in [4.78, 5) is 0. The molecule has 0 aromatic heterocycles. The van der Waals surface area contributed by atoms with Gasteiger partial charge in [-0.05, 0) is 6.42 Å². The van der Waals surface area contributed by atoms with Crippen molar-refractivity contribution in [3.63, 3.8) is 0 Å². The molecule has 0 amide bonds. The van der Waals surface area contributed by atoms with Gasteiger partial charge in [-0.1, -0.05) is 20.8 Å². The van der Waals surface area contributed by atoms with Gasteiger partial charge in [-0.2, -0.15) is 17.4 Å². The number of rotatable bonds is 7. The van der Waals surface area contributed by atoms with Gasteiger partial charge in [0, 0.05) is 19.1 Å². The summed E-state index contributed by atoms with van der Waals surface area (Å²) < 4.78 is 27.0. The molecule has 0 aliphatic rings. The van der Waals surface area contributed by atoms with Crippen molar-refractivity contribution in [2.75, 3.05) is 19.7 Å². The van der Waals surface area contributed by atoms with E-state index in [1.54, 1.807) is 13.8 Å². The van der Waals surface area contributed by atoms with E-state index in [9.17, 15) is 8.42 Å². The van der Waals surface area contributed by atoms with Crippen LogP contribution in [0.5, 0.6) is 0 Å². The van der Waals surface area contributed by atoms with E-state index >= 15 is 0 Å². The van der Waals surface area contributed by atoms with Gasteiger partial charge in [-0.15, -0.1) is 0 Å². The third kappa shape index (κ3) is 3.91. The van der Waals surface area contributed by atoms with Crippen LogP contribution in [0.2, 0.25) is 0 Å². The Kier molecular flexibility index (Phi) is 6.26. The number of aliphatic hydroxyl groups is 1. The molecule has 0 radical (unpaired) electrons. The van der Waals surface area contributed by atoms with Crippen LogP contribution < -0.4 is 4.72 Å². The number of nitrogens with zero attached hydrogens (tertiary/aromatic N) is 1. The van der Waals surface area contributed by atoms with E-state index in [1.165, 1.54) is 4.31 Å². The zero-order valence-corrected chi connectivity index (χ0v) is 9.84. The fourth-order valence-corrected chi connectivity index (χ4v) is 2.59. The summed E-state index contributed by atoms with van der Waals surface area (Å²) in [6.07, 6.45) is 0.580. The van der Waals surface area contributed by atoms with Gasteiger partial charge in [0.25, 0.3) is 10.2 Å². The average Bonchev–Trinajstić information content (AvgIpc) is 2.15. The first-order chi connectivity index (χ1) is 6.51. The maximum absolute atomic E-state index is 11.6. The Morgan fingerprint density at radius 2 is 1.79 bits per heavy atom. The normalized spacial score (nSPS) is 14.6. The molecule has 14 heavy (non-hydrogen) atoms.